The predicted octanol–water partition coefficient (Wildman–Crippen LogP) is 3.49. The number of carbonyl (C=O) groups excluding carboxylic acids is 1. The van der Waals surface area contributed by atoms with Gasteiger partial charge in [0.05, 0.1) is 32.2 Å². The monoisotopic (exact) mass is 554 g/mol. The van der Waals surface area contributed by atoms with Crippen LogP contribution in [0, 0.1) is 0 Å². The third-order valence-electron chi connectivity index (χ3n) is 6.20. The third kappa shape index (κ3) is 5.16. The van der Waals surface area contributed by atoms with Gasteiger partial charge in [-0.3, -0.25) is 14.2 Å². The molecule has 0 aliphatic rings. The summed E-state index contributed by atoms with van der Waals surface area (Å²) in [7, 11) is 5.34. The number of aliphatic carboxylic acids is 1. The molecule has 3 aromatic carbocycles. The summed E-state index contributed by atoms with van der Waals surface area (Å²) in [5.41, 5.74) is 1.27. The smallest absolute Gasteiger partial charge is 0.335 e. The Hall–Kier alpha value is -4.08. The minimum Gasteiger partial charge on any atom is -0.480 e. The topological polar surface area (TPSA) is 114 Å². The summed E-state index contributed by atoms with van der Waals surface area (Å²) in [4.78, 5) is 52.8. The van der Waals surface area contributed by atoms with Crippen molar-refractivity contribution in [1.82, 2.24) is 14.5 Å². The highest BCUT2D eigenvalue weighted by molar-refractivity contribution is 6.39. The first kappa shape index (κ1) is 27.0. The van der Waals surface area contributed by atoms with E-state index in [1.54, 1.807) is 55.6 Å². The largest absolute Gasteiger partial charge is 0.480 e. The Bertz CT molecular complexity index is 1660. The van der Waals surface area contributed by atoms with Gasteiger partial charge in [-0.15, -0.1) is 0 Å². The Morgan fingerprint density at radius 3 is 2.21 bits per heavy atom. The fraction of sp³-hybridized carbons (Fsp3) is 0.185. The molecule has 0 fully saturated rings. The first-order valence-electron chi connectivity index (χ1n) is 11.5. The molecule has 0 saturated carbocycles. The molecule has 1 amide bonds. The fourth-order valence-electron chi connectivity index (χ4n) is 4.11. The maximum Gasteiger partial charge on any atom is 0.335 e. The third-order valence-corrected chi connectivity index (χ3v) is 6.83. The molecular formula is C27H24Cl2N4O5. The van der Waals surface area contributed by atoms with Crippen molar-refractivity contribution in [1.29, 1.82) is 0 Å². The van der Waals surface area contributed by atoms with Gasteiger partial charge in [0.25, 0.3) is 11.5 Å². The number of anilines is 1. The summed E-state index contributed by atoms with van der Waals surface area (Å²) >= 11 is 12.1. The van der Waals surface area contributed by atoms with Crippen molar-refractivity contribution in [3.8, 4) is 5.69 Å². The van der Waals surface area contributed by atoms with Gasteiger partial charge >= 0.3 is 11.7 Å². The summed E-state index contributed by atoms with van der Waals surface area (Å²) in [6, 6.07) is 14.9. The van der Waals surface area contributed by atoms with E-state index in [2.05, 4.69) is 5.32 Å². The molecular weight excluding hydrogens is 531 g/mol. The lowest BCUT2D eigenvalue weighted by molar-refractivity contribution is -0.139. The van der Waals surface area contributed by atoms with Crippen LogP contribution in [0.1, 0.15) is 15.9 Å². The minimum absolute atomic E-state index is 0.0124. The number of rotatable bonds is 7. The molecule has 1 atom stereocenters. The van der Waals surface area contributed by atoms with E-state index in [4.69, 9.17) is 23.2 Å². The molecule has 4 rings (SSSR count). The highest BCUT2D eigenvalue weighted by Crippen LogP contribution is 2.24. The molecule has 38 heavy (non-hydrogen) atoms. The van der Waals surface area contributed by atoms with E-state index >= 15 is 0 Å². The maximum atomic E-state index is 13.2. The van der Waals surface area contributed by atoms with E-state index in [-0.39, 0.29) is 22.0 Å². The van der Waals surface area contributed by atoms with Gasteiger partial charge in [-0.2, -0.15) is 0 Å². The predicted molar refractivity (Wildman–Crippen MR) is 148 cm³/mol. The zero-order valence-corrected chi connectivity index (χ0v) is 22.2. The zero-order chi connectivity index (χ0) is 27.7. The van der Waals surface area contributed by atoms with Crippen LogP contribution in [0.4, 0.5) is 5.69 Å². The average molecular weight is 555 g/mol. The molecule has 0 radical (unpaired) electrons. The van der Waals surface area contributed by atoms with Crippen molar-refractivity contribution >= 4 is 51.7 Å². The first-order valence-corrected chi connectivity index (χ1v) is 12.2. The Balaban J connectivity index is 1.63. The standard InChI is InChI=1S/C27H24Cl2N4O5/c1-31(2)17-11-12-18-22(14-17)32(3)27(38)33(25(18)35)16-9-7-15(8-10-16)13-21(26(36)37)30-24(34)23-19(28)5-4-6-20(23)29/h4-12,14,21H,13H2,1-3H3,(H,30,34)(H,36,37)/t21-/m0/s1. The lowest BCUT2D eigenvalue weighted by Crippen LogP contribution is -2.42. The van der Waals surface area contributed by atoms with Gasteiger partial charge < -0.3 is 15.3 Å². The van der Waals surface area contributed by atoms with Crippen molar-refractivity contribution in [2.45, 2.75) is 12.5 Å². The van der Waals surface area contributed by atoms with Crippen molar-refractivity contribution in [2.24, 2.45) is 7.05 Å². The molecule has 1 aromatic heterocycles. The number of fused-ring (bicyclic) bond motifs is 1. The van der Waals surface area contributed by atoms with Crippen LogP contribution < -0.4 is 21.5 Å². The molecule has 0 saturated heterocycles. The van der Waals surface area contributed by atoms with E-state index in [0.29, 0.717) is 22.2 Å². The molecule has 0 aliphatic carbocycles. The lowest BCUT2D eigenvalue weighted by Gasteiger charge is -2.17. The van der Waals surface area contributed by atoms with Gasteiger partial charge in [0, 0.05) is 33.3 Å². The van der Waals surface area contributed by atoms with Crippen LogP contribution in [0.3, 0.4) is 0 Å². The Morgan fingerprint density at radius 2 is 1.63 bits per heavy atom. The number of hydrogen-bond acceptors (Lipinski definition) is 5. The highest BCUT2D eigenvalue weighted by Gasteiger charge is 2.24. The Morgan fingerprint density at radius 1 is 1.00 bits per heavy atom. The number of carbonyl (C=O) groups is 2. The van der Waals surface area contributed by atoms with E-state index in [1.807, 2.05) is 19.0 Å². The Kier molecular flexibility index (Phi) is 7.61. The van der Waals surface area contributed by atoms with Crippen molar-refractivity contribution in [3.63, 3.8) is 0 Å². The SMILES string of the molecule is CN(C)c1ccc2c(=O)n(-c3ccc(C[C@H](NC(=O)c4c(Cl)cccc4Cl)C(=O)O)cc3)c(=O)n(C)c2c1. The number of hydrogen-bond donors (Lipinski definition) is 2. The molecule has 11 heteroatoms. The van der Waals surface area contributed by atoms with Crippen LogP contribution in [0.2, 0.25) is 10.0 Å². The summed E-state index contributed by atoms with van der Waals surface area (Å²) in [6.07, 6.45) is -0.0542. The normalized spacial score (nSPS) is 11.8. The van der Waals surface area contributed by atoms with Crippen molar-refractivity contribution in [3.05, 3.63) is 103 Å². The summed E-state index contributed by atoms with van der Waals surface area (Å²) in [5.74, 6) is -1.96. The van der Waals surface area contributed by atoms with E-state index < -0.39 is 29.2 Å². The van der Waals surface area contributed by atoms with Gasteiger partial charge in [0.2, 0.25) is 0 Å². The quantitative estimate of drug-likeness (QED) is 0.361. The van der Waals surface area contributed by atoms with E-state index in [9.17, 15) is 24.3 Å². The van der Waals surface area contributed by atoms with Gasteiger partial charge in [0.15, 0.2) is 0 Å². The van der Waals surface area contributed by atoms with Crippen molar-refractivity contribution in [2.75, 3.05) is 19.0 Å². The van der Waals surface area contributed by atoms with Gasteiger partial charge in [-0.1, -0.05) is 41.4 Å². The Labute approximate surface area is 227 Å². The van der Waals surface area contributed by atoms with E-state index in [1.165, 1.54) is 16.7 Å². The second kappa shape index (κ2) is 10.7. The zero-order valence-electron chi connectivity index (χ0n) is 20.7. The molecule has 0 aliphatic heterocycles. The number of aryl methyl sites for hydroxylation is 1. The maximum absolute atomic E-state index is 13.2. The molecule has 1 heterocycles. The number of nitrogens with zero attached hydrogens (tertiary/aromatic N) is 3. The number of aromatic nitrogens is 2. The summed E-state index contributed by atoms with van der Waals surface area (Å²) < 4.78 is 2.48. The number of amides is 1. The number of carboxylic acid groups (broad SMARTS) is 1. The fourth-order valence-corrected chi connectivity index (χ4v) is 4.68. The lowest BCUT2D eigenvalue weighted by atomic mass is 10.0. The number of nitrogens with one attached hydrogen (secondary N) is 1. The molecule has 2 N–H and O–H groups in total. The molecule has 0 unspecified atom stereocenters. The first-order chi connectivity index (χ1) is 18.0. The average Bonchev–Trinajstić information content (AvgIpc) is 2.87. The highest BCUT2D eigenvalue weighted by atomic mass is 35.5. The van der Waals surface area contributed by atoms with Crippen LogP contribution in [-0.2, 0) is 18.3 Å². The summed E-state index contributed by atoms with van der Waals surface area (Å²) in [6.45, 7) is 0. The molecule has 196 valence electrons. The number of carboxylic acids is 1. The van der Waals surface area contributed by atoms with Gasteiger partial charge in [0.1, 0.15) is 6.04 Å². The number of halogens is 2. The van der Waals surface area contributed by atoms with Crippen molar-refractivity contribution < 1.29 is 14.7 Å². The van der Waals surface area contributed by atoms with Gasteiger partial charge in [-0.05, 0) is 48.0 Å². The molecule has 0 spiro atoms. The second-order valence-electron chi connectivity index (χ2n) is 8.91. The summed E-state index contributed by atoms with van der Waals surface area (Å²) in [5, 5.41) is 12.7. The second-order valence-corrected chi connectivity index (χ2v) is 9.72. The molecule has 4 aromatic rings. The van der Waals surface area contributed by atoms with Crippen LogP contribution in [0.5, 0.6) is 0 Å². The van der Waals surface area contributed by atoms with Gasteiger partial charge in [-0.25, -0.2) is 14.2 Å². The van der Waals surface area contributed by atoms with Crippen LogP contribution in [0.25, 0.3) is 16.6 Å². The van der Waals surface area contributed by atoms with Crippen LogP contribution in [-0.4, -0.2) is 46.3 Å². The van der Waals surface area contributed by atoms with Crippen LogP contribution >= 0.6 is 23.2 Å². The molecule has 9 nitrogen and oxygen atoms in total. The minimum atomic E-state index is -1.28. The number of benzene rings is 3. The van der Waals surface area contributed by atoms with E-state index in [0.717, 1.165) is 10.3 Å². The molecule has 0 bridgehead atoms. The van der Waals surface area contributed by atoms with Crippen LogP contribution in [0.15, 0.2) is 70.3 Å².